The summed E-state index contributed by atoms with van der Waals surface area (Å²) in [4.78, 5) is 26.2. The van der Waals surface area contributed by atoms with E-state index in [1.807, 2.05) is 0 Å². The minimum absolute atomic E-state index is 0.100. The average Bonchev–Trinajstić information content (AvgIpc) is 2.96. The number of rotatable bonds is 7. The highest BCUT2D eigenvalue weighted by Gasteiger charge is 2.35. The summed E-state index contributed by atoms with van der Waals surface area (Å²) in [5, 5.41) is -0.327. The van der Waals surface area contributed by atoms with E-state index in [9.17, 15) is 14.0 Å². The van der Waals surface area contributed by atoms with Crippen LogP contribution in [0.2, 0.25) is 5.02 Å². The fourth-order valence-electron chi connectivity index (χ4n) is 2.67. The minimum atomic E-state index is -0.569. The van der Waals surface area contributed by atoms with Crippen molar-refractivity contribution >= 4 is 40.6 Å². The lowest BCUT2D eigenvalue weighted by atomic mass is 10.1. The summed E-state index contributed by atoms with van der Waals surface area (Å²) in [6, 6.07) is 9.35. The molecule has 0 bridgehead atoms. The number of carbonyl (C=O) groups excluding carboxylic acids is 2. The van der Waals surface area contributed by atoms with Gasteiger partial charge in [-0.3, -0.25) is 14.5 Å². The van der Waals surface area contributed by atoms with Crippen LogP contribution in [0, 0.1) is 5.82 Å². The van der Waals surface area contributed by atoms with E-state index in [1.54, 1.807) is 30.4 Å². The third kappa shape index (κ3) is 4.63. The van der Waals surface area contributed by atoms with E-state index in [2.05, 4.69) is 6.58 Å². The van der Waals surface area contributed by atoms with Crippen molar-refractivity contribution in [2.24, 2.45) is 0 Å². The van der Waals surface area contributed by atoms with Gasteiger partial charge >= 0.3 is 0 Å². The number of hydrogen-bond acceptors (Lipinski definition) is 5. The Balaban J connectivity index is 1.83. The third-order valence-electron chi connectivity index (χ3n) is 4.09. The van der Waals surface area contributed by atoms with Crippen LogP contribution >= 0.6 is 23.4 Å². The van der Waals surface area contributed by atoms with Gasteiger partial charge in [0.1, 0.15) is 12.4 Å². The van der Waals surface area contributed by atoms with E-state index < -0.39 is 17.0 Å². The molecule has 2 aromatic rings. The van der Waals surface area contributed by atoms with Gasteiger partial charge in [0, 0.05) is 10.6 Å². The van der Waals surface area contributed by atoms with Crippen LogP contribution in [0.25, 0.3) is 6.08 Å². The largest absolute Gasteiger partial charge is 0.493 e. The topological polar surface area (TPSA) is 55.8 Å². The van der Waals surface area contributed by atoms with Gasteiger partial charge in [0.15, 0.2) is 11.5 Å². The van der Waals surface area contributed by atoms with E-state index in [0.717, 1.165) is 16.7 Å². The van der Waals surface area contributed by atoms with E-state index >= 15 is 0 Å². The number of halogens is 2. The molecule has 0 unspecified atom stereocenters. The standard InChI is InChI=1S/C21H17ClFNO4S/c1-3-9-28-17-8-7-13(10-18(17)27-2)11-19-20(25)24(21(26)29-19)12-14-15(22)5-4-6-16(14)23/h3-8,10-11H,1,9,12H2,2H3/b19-11+. The van der Waals surface area contributed by atoms with Crippen molar-refractivity contribution in [3.8, 4) is 11.5 Å². The summed E-state index contributed by atoms with van der Waals surface area (Å²) in [7, 11) is 1.51. The monoisotopic (exact) mass is 433 g/mol. The maximum atomic E-state index is 14.0. The molecule has 1 aliphatic rings. The van der Waals surface area contributed by atoms with Crippen LogP contribution in [0.15, 0.2) is 54.0 Å². The molecule has 2 aromatic carbocycles. The quantitative estimate of drug-likeness (QED) is 0.438. The zero-order valence-corrected chi connectivity index (χ0v) is 17.1. The minimum Gasteiger partial charge on any atom is -0.493 e. The van der Waals surface area contributed by atoms with Crippen LogP contribution < -0.4 is 9.47 Å². The Hall–Kier alpha value is -2.77. The molecule has 150 valence electrons. The van der Waals surface area contributed by atoms with Gasteiger partial charge in [-0.15, -0.1) is 0 Å². The first-order valence-corrected chi connectivity index (χ1v) is 9.74. The van der Waals surface area contributed by atoms with Gasteiger partial charge in [-0.25, -0.2) is 4.39 Å². The van der Waals surface area contributed by atoms with Crippen molar-refractivity contribution in [3.05, 3.63) is 75.9 Å². The smallest absolute Gasteiger partial charge is 0.293 e. The lowest BCUT2D eigenvalue weighted by Gasteiger charge is -2.14. The molecule has 1 heterocycles. The van der Waals surface area contributed by atoms with Gasteiger partial charge in [-0.2, -0.15) is 0 Å². The highest BCUT2D eigenvalue weighted by Crippen LogP contribution is 2.36. The van der Waals surface area contributed by atoms with Gasteiger partial charge in [-0.1, -0.05) is 36.4 Å². The number of thioether (sulfide) groups is 1. The fraction of sp³-hybridized carbons (Fsp3) is 0.143. The zero-order chi connectivity index (χ0) is 21.0. The van der Waals surface area contributed by atoms with Crippen LogP contribution in [0.3, 0.4) is 0 Å². The summed E-state index contributed by atoms with van der Waals surface area (Å²) in [6.07, 6.45) is 3.19. The van der Waals surface area contributed by atoms with Gasteiger partial charge in [-0.05, 0) is 47.7 Å². The number of ether oxygens (including phenoxy) is 2. The Kier molecular flexibility index (Phi) is 6.61. The van der Waals surface area contributed by atoms with Gasteiger partial charge in [0.05, 0.1) is 18.6 Å². The molecular formula is C21H17ClFNO4S. The second-order valence-electron chi connectivity index (χ2n) is 5.98. The molecule has 1 fully saturated rings. The zero-order valence-electron chi connectivity index (χ0n) is 15.5. The van der Waals surface area contributed by atoms with Gasteiger partial charge < -0.3 is 9.47 Å². The Morgan fingerprint density at radius 2 is 2.03 bits per heavy atom. The maximum absolute atomic E-state index is 14.0. The predicted octanol–water partition coefficient (Wildman–Crippen LogP) is 5.29. The van der Waals surface area contributed by atoms with Crippen LogP contribution in [-0.2, 0) is 11.3 Å². The Morgan fingerprint density at radius 1 is 1.24 bits per heavy atom. The number of methoxy groups -OCH3 is 1. The Morgan fingerprint density at radius 3 is 2.72 bits per heavy atom. The van der Waals surface area contributed by atoms with Crippen LogP contribution in [0.5, 0.6) is 11.5 Å². The number of hydrogen-bond donors (Lipinski definition) is 0. The Bertz CT molecular complexity index is 988. The van der Waals surface area contributed by atoms with Crippen molar-refractivity contribution in [1.82, 2.24) is 4.90 Å². The molecule has 1 aliphatic heterocycles. The van der Waals surface area contributed by atoms with Gasteiger partial charge in [0.25, 0.3) is 11.1 Å². The molecular weight excluding hydrogens is 417 g/mol. The van der Waals surface area contributed by atoms with Crippen molar-refractivity contribution in [2.45, 2.75) is 6.54 Å². The lowest BCUT2D eigenvalue weighted by Crippen LogP contribution is -2.28. The molecule has 0 N–H and O–H groups in total. The van der Waals surface area contributed by atoms with Crippen LogP contribution in [0.4, 0.5) is 9.18 Å². The molecule has 0 radical (unpaired) electrons. The van der Waals surface area contributed by atoms with Crippen molar-refractivity contribution in [3.63, 3.8) is 0 Å². The SMILES string of the molecule is C=CCOc1ccc(/C=C2/SC(=O)N(Cc3c(F)cccc3Cl)C2=O)cc1OC. The molecule has 0 spiro atoms. The molecule has 3 rings (SSSR count). The molecule has 2 amide bonds. The first kappa shape index (κ1) is 21.0. The molecule has 0 aromatic heterocycles. The molecule has 8 heteroatoms. The first-order chi connectivity index (χ1) is 13.9. The van der Waals surface area contributed by atoms with Crippen molar-refractivity contribution < 1.29 is 23.5 Å². The highest BCUT2D eigenvalue weighted by molar-refractivity contribution is 8.18. The summed E-state index contributed by atoms with van der Waals surface area (Å²) < 4.78 is 24.8. The number of amides is 2. The summed E-state index contributed by atoms with van der Waals surface area (Å²) >= 11 is 6.80. The number of carbonyl (C=O) groups is 2. The van der Waals surface area contributed by atoms with E-state index in [4.69, 9.17) is 21.1 Å². The molecule has 0 aliphatic carbocycles. The van der Waals surface area contributed by atoms with Crippen LogP contribution in [-0.4, -0.2) is 29.8 Å². The summed E-state index contributed by atoms with van der Waals surface area (Å²) in [6.45, 7) is 3.69. The third-order valence-corrected chi connectivity index (χ3v) is 5.36. The van der Waals surface area contributed by atoms with Gasteiger partial charge in [0.2, 0.25) is 0 Å². The summed E-state index contributed by atoms with van der Waals surface area (Å²) in [5.74, 6) is -0.0598. The second kappa shape index (κ2) is 9.15. The summed E-state index contributed by atoms with van der Waals surface area (Å²) in [5.41, 5.74) is 0.755. The molecule has 1 saturated heterocycles. The molecule has 5 nitrogen and oxygen atoms in total. The number of nitrogens with zero attached hydrogens (tertiary/aromatic N) is 1. The number of benzene rings is 2. The highest BCUT2D eigenvalue weighted by atomic mass is 35.5. The molecule has 0 atom stereocenters. The number of imide groups is 1. The molecule has 29 heavy (non-hydrogen) atoms. The van der Waals surface area contributed by atoms with E-state index in [1.165, 1.54) is 25.3 Å². The van der Waals surface area contributed by atoms with Crippen molar-refractivity contribution in [1.29, 1.82) is 0 Å². The van der Waals surface area contributed by atoms with E-state index in [-0.39, 0.29) is 22.0 Å². The average molecular weight is 434 g/mol. The Labute approximate surface area is 176 Å². The lowest BCUT2D eigenvalue weighted by molar-refractivity contribution is -0.123. The second-order valence-corrected chi connectivity index (χ2v) is 7.38. The van der Waals surface area contributed by atoms with Crippen molar-refractivity contribution in [2.75, 3.05) is 13.7 Å². The maximum Gasteiger partial charge on any atom is 0.293 e. The van der Waals surface area contributed by atoms with E-state index in [0.29, 0.717) is 23.7 Å². The van der Waals surface area contributed by atoms with Crippen LogP contribution in [0.1, 0.15) is 11.1 Å². The predicted molar refractivity (Wildman–Crippen MR) is 112 cm³/mol. The first-order valence-electron chi connectivity index (χ1n) is 8.54. The fourth-order valence-corrected chi connectivity index (χ4v) is 3.73. The normalized spacial score (nSPS) is 15.1. The molecule has 0 saturated carbocycles.